The fraction of sp³-hybridized carbons (Fsp3) is 0.435. The van der Waals surface area contributed by atoms with Crippen LogP contribution in [-0.2, 0) is 12.8 Å². The number of nitrogens with zero attached hydrogens (tertiary/aromatic N) is 1. The summed E-state index contributed by atoms with van der Waals surface area (Å²) >= 11 is 1.72. The van der Waals surface area contributed by atoms with Crippen LogP contribution in [0.3, 0.4) is 0 Å². The fourth-order valence-corrected chi connectivity index (χ4v) is 5.65. The lowest BCUT2D eigenvalue weighted by molar-refractivity contribution is -0.384. The average molecular weight is 426 g/mol. The van der Waals surface area contributed by atoms with Gasteiger partial charge in [0.25, 0.3) is 11.6 Å². The summed E-state index contributed by atoms with van der Waals surface area (Å²) in [5.41, 5.74) is 3.27. The Bertz CT molecular complexity index is 1010. The van der Waals surface area contributed by atoms with Gasteiger partial charge in [-0.05, 0) is 59.9 Å². The molecule has 2 atom stereocenters. The number of nitro benzene ring substituents is 1. The van der Waals surface area contributed by atoms with E-state index >= 15 is 0 Å². The highest BCUT2D eigenvalue weighted by molar-refractivity contribution is 7.16. The Balaban J connectivity index is 1.51. The second kappa shape index (κ2) is 7.87. The van der Waals surface area contributed by atoms with Gasteiger partial charge in [-0.2, -0.15) is 0 Å². The molecule has 1 aromatic heterocycles. The van der Waals surface area contributed by atoms with E-state index in [0.29, 0.717) is 11.3 Å². The second-order valence-electron chi connectivity index (χ2n) is 8.79. The zero-order valence-corrected chi connectivity index (χ0v) is 18.3. The number of fused-ring (bicyclic) bond motifs is 3. The minimum atomic E-state index is -0.414. The molecule has 0 spiro atoms. The standard InChI is InChI=1S/C23H27N3O3S/c1-4-23(2,3)15-8-11-17-18(13-15)30-22-20(17)21(27)24-19(25-22)12-7-14-5-9-16(10-6-14)26(28)29/h5-7,9-10,12,15,19,25H,4,8,11,13H2,1-3H3,(H,24,27)/b12-7+/t15-,19-/m0/s1. The number of nitrogens with one attached hydrogen (secondary N) is 2. The number of nitro groups is 1. The first-order valence-electron chi connectivity index (χ1n) is 10.4. The number of thiophene rings is 1. The van der Waals surface area contributed by atoms with Crippen molar-refractivity contribution in [3.8, 4) is 0 Å². The molecule has 2 aromatic rings. The number of amides is 1. The molecule has 2 heterocycles. The number of rotatable bonds is 5. The molecule has 1 aliphatic carbocycles. The molecule has 0 radical (unpaired) electrons. The SMILES string of the molecule is CCC(C)(C)[C@H]1CCc2c(sc3c2C(=O)N[C@H](/C=C/c2ccc([N+](=O)[O-])cc2)N3)C1. The van der Waals surface area contributed by atoms with Crippen molar-refractivity contribution in [2.45, 2.75) is 52.6 Å². The predicted octanol–water partition coefficient (Wildman–Crippen LogP) is 5.39. The van der Waals surface area contributed by atoms with Crippen LogP contribution >= 0.6 is 11.3 Å². The highest BCUT2D eigenvalue weighted by Gasteiger charge is 2.36. The third kappa shape index (κ3) is 3.86. The van der Waals surface area contributed by atoms with Crippen LogP contribution < -0.4 is 10.6 Å². The van der Waals surface area contributed by atoms with Gasteiger partial charge in [0, 0.05) is 17.0 Å². The second-order valence-corrected chi connectivity index (χ2v) is 9.90. The molecular weight excluding hydrogens is 398 g/mol. The molecule has 0 unspecified atom stereocenters. The van der Waals surface area contributed by atoms with Crippen molar-refractivity contribution in [1.82, 2.24) is 5.32 Å². The topological polar surface area (TPSA) is 84.3 Å². The molecule has 0 saturated heterocycles. The monoisotopic (exact) mass is 425 g/mol. The summed E-state index contributed by atoms with van der Waals surface area (Å²) in [6.07, 6.45) is 7.74. The van der Waals surface area contributed by atoms with E-state index in [-0.39, 0.29) is 17.8 Å². The molecule has 30 heavy (non-hydrogen) atoms. The van der Waals surface area contributed by atoms with E-state index in [0.717, 1.165) is 41.8 Å². The van der Waals surface area contributed by atoms with Crippen molar-refractivity contribution in [2.24, 2.45) is 11.3 Å². The predicted molar refractivity (Wildman–Crippen MR) is 121 cm³/mol. The zero-order valence-electron chi connectivity index (χ0n) is 17.5. The zero-order chi connectivity index (χ0) is 21.5. The highest BCUT2D eigenvalue weighted by Crippen LogP contribution is 2.46. The number of hydrogen-bond acceptors (Lipinski definition) is 5. The van der Waals surface area contributed by atoms with Gasteiger partial charge >= 0.3 is 0 Å². The number of anilines is 1. The first-order chi connectivity index (χ1) is 14.3. The maximum Gasteiger partial charge on any atom is 0.269 e. The van der Waals surface area contributed by atoms with Crippen molar-refractivity contribution in [3.63, 3.8) is 0 Å². The molecule has 4 rings (SSSR count). The third-order valence-corrected chi connectivity index (χ3v) is 7.85. The molecule has 2 aliphatic rings. The number of carbonyl (C=O) groups excluding carboxylic acids is 1. The maximum absolute atomic E-state index is 12.8. The molecule has 158 valence electrons. The summed E-state index contributed by atoms with van der Waals surface area (Å²) in [6.45, 7) is 6.95. The lowest BCUT2D eigenvalue weighted by Gasteiger charge is -2.36. The average Bonchev–Trinajstić information content (AvgIpc) is 3.10. The number of benzene rings is 1. The first kappa shape index (κ1) is 20.6. The van der Waals surface area contributed by atoms with E-state index in [9.17, 15) is 14.9 Å². The van der Waals surface area contributed by atoms with Crippen molar-refractivity contribution in [2.75, 3.05) is 5.32 Å². The molecule has 0 saturated carbocycles. The third-order valence-electron chi connectivity index (χ3n) is 6.67. The van der Waals surface area contributed by atoms with Crippen molar-refractivity contribution >= 4 is 34.0 Å². The maximum atomic E-state index is 12.8. The van der Waals surface area contributed by atoms with E-state index in [1.165, 1.54) is 22.6 Å². The van der Waals surface area contributed by atoms with Crippen molar-refractivity contribution < 1.29 is 9.72 Å². The number of non-ortho nitro benzene ring substituents is 1. The molecule has 2 N–H and O–H groups in total. The quantitative estimate of drug-likeness (QED) is 0.497. The Kier molecular flexibility index (Phi) is 5.40. The van der Waals surface area contributed by atoms with Gasteiger partial charge in [0.2, 0.25) is 0 Å². The van der Waals surface area contributed by atoms with E-state index in [1.807, 2.05) is 12.2 Å². The normalized spacial score (nSPS) is 21.0. The van der Waals surface area contributed by atoms with Crippen LogP contribution in [0.25, 0.3) is 6.08 Å². The minimum absolute atomic E-state index is 0.0206. The highest BCUT2D eigenvalue weighted by atomic mass is 32.1. The molecule has 0 bridgehead atoms. The Morgan fingerprint density at radius 3 is 2.67 bits per heavy atom. The van der Waals surface area contributed by atoms with Gasteiger partial charge in [-0.15, -0.1) is 11.3 Å². The van der Waals surface area contributed by atoms with Gasteiger partial charge in [-0.1, -0.05) is 33.3 Å². The summed E-state index contributed by atoms with van der Waals surface area (Å²) in [7, 11) is 0. The van der Waals surface area contributed by atoms with Gasteiger partial charge in [-0.3, -0.25) is 14.9 Å². The van der Waals surface area contributed by atoms with Crippen LogP contribution in [0.4, 0.5) is 10.7 Å². The lowest BCUT2D eigenvalue weighted by atomic mass is 9.69. The molecule has 1 aliphatic heterocycles. The van der Waals surface area contributed by atoms with Gasteiger partial charge in [0.1, 0.15) is 11.2 Å². The summed E-state index contributed by atoms with van der Waals surface area (Å²) in [5, 5.41) is 18.2. The van der Waals surface area contributed by atoms with Crippen LogP contribution in [0.5, 0.6) is 0 Å². The Hall–Kier alpha value is -2.67. The van der Waals surface area contributed by atoms with Crippen LogP contribution in [0.15, 0.2) is 30.3 Å². The molecular formula is C23H27N3O3S. The number of carbonyl (C=O) groups is 1. The van der Waals surface area contributed by atoms with Crippen molar-refractivity contribution in [3.05, 3.63) is 62.0 Å². The summed E-state index contributed by atoms with van der Waals surface area (Å²) in [6, 6.07) is 6.35. The first-order valence-corrected chi connectivity index (χ1v) is 11.2. The van der Waals surface area contributed by atoms with Crippen LogP contribution in [0.1, 0.15) is 60.0 Å². The summed E-state index contributed by atoms with van der Waals surface area (Å²) in [5.74, 6) is 0.629. The van der Waals surface area contributed by atoms with Crippen molar-refractivity contribution in [1.29, 1.82) is 0 Å². The van der Waals surface area contributed by atoms with E-state index in [1.54, 1.807) is 23.5 Å². The molecule has 1 amide bonds. The lowest BCUT2D eigenvalue weighted by Crippen LogP contribution is -2.43. The van der Waals surface area contributed by atoms with E-state index < -0.39 is 4.92 Å². The molecule has 6 nitrogen and oxygen atoms in total. The van der Waals surface area contributed by atoms with Gasteiger partial charge in [0.05, 0.1) is 10.5 Å². The Morgan fingerprint density at radius 1 is 1.27 bits per heavy atom. The smallest absolute Gasteiger partial charge is 0.269 e. The van der Waals surface area contributed by atoms with Gasteiger partial charge < -0.3 is 10.6 Å². The largest absolute Gasteiger partial charge is 0.353 e. The summed E-state index contributed by atoms with van der Waals surface area (Å²) in [4.78, 5) is 24.6. The van der Waals surface area contributed by atoms with E-state index in [2.05, 4.69) is 31.4 Å². The van der Waals surface area contributed by atoms with Crippen LogP contribution in [-0.4, -0.2) is 17.0 Å². The van der Waals surface area contributed by atoms with E-state index in [4.69, 9.17) is 0 Å². The minimum Gasteiger partial charge on any atom is -0.353 e. The molecule has 7 heteroatoms. The fourth-order valence-electron chi connectivity index (χ4n) is 4.28. The van der Waals surface area contributed by atoms with Crippen LogP contribution in [0, 0.1) is 21.4 Å². The number of hydrogen-bond donors (Lipinski definition) is 2. The molecule has 0 fully saturated rings. The van der Waals surface area contributed by atoms with Gasteiger partial charge in [0.15, 0.2) is 0 Å². The summed E-state index contributed by atoms with van der Waals surface area (Å²) < 4.78 is 0. The van der Waals surface area contributed by atoms with Gasteiger partial charge in [-0.25, -0.2) is 0 Å². The Morgan fingerprint density at radius 2 is 2.00 bits per heavy atom. The Labute approximate surface area is 180 Å². The molecule has 1 aromatic carbocycles. The van der Waals surface area contributed by atoms with Crippen LogP contribution in [0.2, 0.25) is 0 Å².